The van der Waals surface area contributed by atoms with Crippen molar-refractivity contribution in [1.82, 2.24) is 20.1 Å². The fourth-order valence-corrected chi connectivity index (χ4v) is 8.73. The lowest BCUT2D eigenvalue weighted by Gasteiger charge is -2.38. The van der Waals surface area contributed by atoms with E-state index < -0.39 is 0 Å². The normalized spacial score (nSPS) is 19.0. The minimum atomic E-state index is -0.248. The maximum Gasteiger partial charge on any atom is 0.251 e. The number of piperidine rings is 2. The van der Waals surface area contributed by atoms with Gasteiger partial charge in [-0.3, -0.25) is 19.4 Å². The molecule has 3 heterocycles. The molecule has 0 saturated carbocycles. The van der Waals surface area contributed by atoms with Crippen LogP contribution >= 0.6 is 43.5 Å². The lowest BCUT2D eigenvalue weighted by molar-refractivity contribution is -0.134. The van der Waals surface area contributed by atoms with Crippen LogP contribution < -0.4 is 5.32 Å². The molecule has 1 N–H and O–H groups in total. The van der Waals surface area contributed by atoms with Crippen LogP contribution in [-0.2, 0) is 22.4 Å². The number of pyridine rings is 1. The third kappa shape index (κ3) is 7.47. The number of rotatable bonds is 6. The maximum absolute atomic E-state index is 13.4. The second kappa shape index (κ2) is 14.3. The number of fused-ring (bicyclic) bond motifs is 2. The first-order valence-electron chi connectivity index (χ1n) is 15.8. The Labute approximate surface area is 286 Å². The number of carbonyl (C=O) groups is 3. The minimum absolute atomic E-state index is 0.0153. The van der Waals surface area contributed by atoms with Crippen LogP contribution in [0.2, 0.25) is 5.02 Å². The minimum Gasteiger partial charge on any atom is -0.343 e. The van der Waals surface area contributed by atoms with Crippen molar-refractivity contribution in [2.24, 2.45) is 11.8 Å². The van der Waals surface area contributed by atoms with Crippen molar-refractivity contribution in [3.8, 4) is 0 Å². The van der Waals surface area contributed by atoms with Crippen LogP contribution in [-0.4, -0.2) is 65.2 Å². The summed E-state index contributed by atoms with van der Waals surface area (Å²) in [6, 6.07) is 15.2. The van der Waals surface area contributed by atoms with Crippen LogP contribution in [0.4, 0.5) is 0 Å². The molecule has 3 aliphatic rings. The van der Waals surface area contributed by atoms with Gasteiger partial charge < -0.3 is 15.1 Å². The quantitative estimate of drug-likeness (QED) is 0.301. The van der Waals surface area contributed by atoms with Gasteiger partial charge in [-0.05, 0) is 113 Å². The van der Waals surface area contributed by atoms with E-state index >= 15 is 0 Å². The molecule has 2 aromatic carbocycles. The van der Waals surface area contributed by atoms with E-state index in [2.05, 4.69) is 49.3 Å². The van der Waals surface area contributed by atoms with Crippen molar-refractivity contribution in [3.05, 3.63) is 96.6 Å². The van der Waals surface area contributed by atoms with Crippen molar-refractivity contribution in [2.75, 3.05) is 32.7 Å². The molecule has 0 radical (unpaired) electrons. The van der Waals surface area contributed by atoms with Crippen molar-refractivity contribution in [2.45, 2.75) is 50.9 Å². The van der Waals surface area contributed by atoms with Gasteiger partial charge in [-0.1, -0.05) is 45.7 Å². The fourth-order valence-electron chi connectivity index (χ4n) is 7.23. The summed E-state index contributed by atoms with van der Waals surface area (Å²) >= 11 is 13.9. The molecule has 1 aromatic heterocycles. The zero-order valence-corrected chi connectivity index (χ0v) is 29.0. The summed E-state index contributed by atoms with van der Waals surface area (Å²) < 4.78 is 2.03. The van der Waals surface area contributed by atoms with E-state index in [0.29, 0.717) is 31.0 Å². The first-order chi connectivity index (χ1) is 21.8. The monoisotopic (exact) mass is 754 g/mol. The smallest absolute Gasteiger partial charge is 0.251 e. The van der Waals surface area contributed by atoms with Crippen LogP contribution in [0.3, 0.4) is 0 Å². The number of hydrogen-bond acceptors (Lipinski definition) is 4. The van der Waals surface area contributed by atoms with E-state index in [4.69, 9.17) is 16.6 Å². The summed E-state index contributed by atoms with van der Waals surface area (Å²) in [6.07, 6.45) is 7.70. The lowest BCUT2D eigenvalue weighted by atomic mass is 9.76. The molecule has 0 spiro atoms. The fraction of sp³-hybridized carbons (Fsp3) is 0.429. The molecule has 7 nitrogen and oxygen atoms in total. The number of aryl methyl sites for hydroxylation is 2. The molecule has 3 amide bonds. The molecule has 45 heavy (non-hydrogen) atoms. The molecule has 0 bridgehead atoms. The van der Waals surface area contributed by atoms with Crippen molar-refractivity contribution >= 4 is 61.2 Å². The third-order valence-corrected chi connectivity index (χ3v) is 11.0. The number of hydrogen-bond donors (Lipinski definition) is 1. The average molecular weight is 757 g/mol. The summed E-state index contributed by atoms with van der Waals surface area (Å²) in [5.74, 6) is 0.666. The van der Waals surface area contributed by atoms with Crippen molar-refractivity contribution < 1.29 is 14.4 Å². The largest absolute Gasteiger partial charge is 0.343 e. The number of benzene rings is 2. The van der Waals surface area contributed by atoms with E-state index in [9.17, 15) is 14.4 Å². The number of nitrogens with one attached hydrogen (secondary N) is 1. The predicted molar refractivity (Wildman–Crippen MR) is 182 cm³/mol. The molecule has 2 aliphatic heterocycles. The zero-order valence-electron chi connectivity index (χ0n) is 25.1. The molecule has 1 atom stereocenters. The van der Waals surface area contributed by atoms with Crippen LogP contribution in [0, 0.1) is 11.8 Å². The zero-order chi connectivity index (χ0) is 31.5. The molecule has 0 unspecified atom stereocenters. The topological polar surface area (TPSA) is 82.6 Å². The standard InChI is InChI=1S/C35H37Br2ClN4O3/c36-27-17-26-7-6-25-18-28(38)19-29(37)32(25)33(34(26)39-20-27)23-10-14-41(15-11-23)30(43)16-22-8-12-42(13-9-22)31(44)21-40-35(45)24-4-2-1-3-5-24/h1-5,17-20,22-23,33H,6-16,21H2,(H,40,45)/t33-/m1/s1. The molecule has 6 rings (SSSR count). The van der Waals surface area contributed by atoms with Gasteiger partial charge in [0.15, 0.2) is 0 Å². The van der Waals surface area contributed by atoms with Gasteiger partial charge in [-0.15, -0.1) is 0 Å². The maximum atomic E-state index is 13.4. The van der Waals surface area contributed by atoms with E-state index in [0.717, 1.165) is 71.3 Å². The Balaban J connectivity index is 1.02. The molecular weight excluding hydrogens is 720 g/mol. The summed E-state index contributed by atoms with van der Waals surface area (Å²) in [5.41, 5.74) is 5.52. The van der Waals surface area contributed by atoms with Gasteiger partial charge in [0.05, 0.1) is 12.2 Å². The Morgan fingerprint density at radius 2 is 1.53 bits per heavy atom. The number of aromatic nitrogens is 1. The molecule has 236 valence electrons. The van der Waals surface area contributed by atoms with Gasteiger partial charge in [0.2, 0.25) is 11.8 Å². The van der Waals surface area contributed by atoms with Crippen LogP contribution in [0.15, 0.2) is 63.7 Å². The van der Waals surface area contributed by atoms with E-state index in [-0.39, 0.29) is 36.1 Å². The number of carbonyl (C=O) groups excluding carboxylic acids is 3. The third-order valence-electron chi connectivity index (χ3n) is 9.65. The summed E-state index contributed by atoms with van der Waals surface area (Å²) in [7, 11) is 0. The first kappa shape index (κ1) is 32.2. The molecule has 2 fully saturated rings. The van der Waals surface area contributed by atoms with Gasteiger partial charge in [0.25, 0.3) is 5.91 Å². The van der Waals surface area contributed by atoms with Gasteiger partial charge in [-0.2, -0.15) is 0 Å². The Bertz CT molecular complexity index is 1570. The second-order valence-electron chi connectivity index (χ2n) is 12.4. The van der Waals surface area contributed by atoms with E-state index in [1.807, 2.05) is 23.2 Å². The molecule has 10 heteroatoms. The Morgan fingerprint density at radius 1 is 0.867 bits per heavy atom. The highest BCUT2D eigenvalue weighted by Gasteiger charge is 2.37. The van der Waals surface area contributed by atoms with Crippen LogP contribution in [0.1, 0.15) is 70.8 Å². The van der Waals surface area contributed by atoms with Crippen LogP contribution in [0.5, 0.6) is 0 Å². The van der Waals surface area contributed by atoms with Crippen molar-refractivity contribution in [1.29, 1.82) is 0 Å². The van der Waals surface area contributed by atoms with Gasteiger partial charge >= 0.3 is 0 Å². The SMILES string of the molecule is O=C(NCC(=O)N1CCC(CC(=O)N2CCC([C@H]3c4ncc(Br)cc4CCc4cc(Cl)cc(Br)c43)CC2)CC1)c1ccccc1. The van der Waals surface area contributed by atoms with Gasteiger partial charge in [-0.25, -0.2) is 0 Å². The second-order valence-corrected chi connectivity index (χ2v) is 14.6. The Kier molecular flexibility index (Phi) is 10.3. The number of nitrogens with zero attached hydrogens (tertiary/aromatic N) is 3. The van der Waals surface area contributed by atoms with Crippen LogP contribution in [0.25, 0.3) is 0 Å². The average Bonchev–Trinajstić information content (AvgIpc) is 3.21. The summed E-state index contributed by atoms with van der Waals surface area (Å²) in [4.78, 5) is 47.2. The first-order valence-corrected chi connectivity index (χ1v) is 17.7. The summed E-state index contributed by atoms with van der Waals surface area (Å²) in [6.45, 7) is 2.69. The predicted octanol–water partition coefficient (Wildman–Crippen LogP) is 6.79. The van der Waals surface area contributed by atoms with Gasteiger partial charge in [0, 0.05) is 64.2 Å². The number of likely N-dealkylation sites (tertiary alicyclic amines) is 2. The molecule has 1 aliphatic carbocycles. The van der Waals surface area contributed by atoms with Crippen molar-refractivity contribution in [3.63, 3.8) is 0 Å². The van der Waals surface area contributed by atoms with E-state index in [1.54, 1.807) is 29.2 Å². The highest BCUT2D eigenvalue weighted by atomic mass is 79.9. The number of amides is 3. The Hall–Kier alpha value is -2.75. The Morgan fingerprint density at radius 3 is 2.27 bits per heavy atom. The molecule has 3 aromatic rings. The van der Waals surface area contributed by atoms with Gasteiger partial charge in [0.1, 0.15) is 0 Å². The lowest BCUT2D eigenvalue weighted by Crippen LogP contribution is -2.45. The molecular formula is C35H37Br2ClN4O3. The highest BCUT2D eigenvalue weighted by Crippen LogP contribution is 2.46. The number of halogens is 3. The highest BCUT2D eigenvalue weighted by molar-refractivity contribution is 9.10. The van der Waals surface area contributed by atoms with E-state index in [1.165, 1.54) is 16.7 Å². The summed E-state index contributed by atoms with van der Waals surface area (Å²) in [5, 5.41) is 3.47. The molecule has 2 saturated heterocycles.